The number of hydrogen-bond acceptors (Lipinski definition) is 4. The number of carbonyl (C=O) groups is 1. The fraction of sp³-hybridized carbons (Fsp3) is 0.304. The average Bonchev–Trinajstić information content (AvgIpc) is 2.72. The number of rotatable bonds is 9. The Balaban J connectivity index is 2.27. The minimum absolute atomic E-state index is 0.134. The van der Waals surface area contributed by atoms with Crippen LogP contribution in [0.25, 0.3) is 5.57 Å². The van der Waals surface area contributed by atoms with Crippen LogP contribution < -0.4 is 10.6 Å². The highest BCUT2D eigenvalue weighted by Crippen LogP contribution is 2.26. The molecule has 8 heteroatoms. The van der Waals surface area contributed by atoms with Crippen LogP contribution in [0.5, 0.6) is 0 Å². The van der Waals surface area contributed by atoms with E-state index in [4.69, 9.17) is 10.4 Å². The zero-order valence-electron chi connectivity index (χ0n) is 18.2. The molecule has 0 unspecified atom stereocenters. The van der Waals surface area contributed by atoms with Gasteiger partial charge in [0.2, 0.25) is 12.2 Å². The highest BCUT2D eigenvalue weighted by atomic mass is 28.3. The lowest BCUT2D eigenvalue weighted by atomic mass is 9.97. The maximum absolute atomic E-state index is 10.8. The predicted molar refractivity (Wildman–Crippen MR) is 127 cm³/mol. The summed E-state index contributed by atoms with van der Waals surface area (Å²) in [6.07, 6.45) is 9.55. The first-order valence-corrected chi connectivity index (χ1v) is 13.9. The molecule has 0 saturated heterocycles. The Labute approximate surface area is 184 Å². The highest BCUT2D eigenvalue weighted by Gasteiger charge is 2.14. The number of pyridine rings is 1. The van der Waals surface area contributed by atoms with Gasteiger partial charge in [-0.05, 0) is 42.2 Å². The number of allylic oxidation sites excluding steroid dienone is 1. The molecule has 0 aliphatic rings. The van der Waals surface area contributed by atoms with Crippen LogP contribution in [0.4, 0.5) is 5.69 Å². The molecule has 0 amide bonds. The smallest absolute Gasteiger partial charge is 0.303 e. The molecule has 3 N–H and O–H groups in total. The SMILES string of the molecule is C[Si](C)(C)CNC(=NC#N)Nc1cccc(C(=CCCCC(=O)O)c2cccnc2)c1. The number of hydrogen-bond donors (Lipinski definition) is 3. The molecule has 0 aliphatic heterocycles. The number of aromatic nitrogens is 1. The molecule has 1 heterocycles. The Hall–Kier alpha value is -3.44. The van der Waals surface area contributed by atoms with E-state index in [0.717, 1.165) is 28.6 Å². The van der Waals surface area contributed by atoms with E-state index in [0.29, 0.717) is 18.8 Å². The first kappa shape index (κ1) is 23.8. The Bertz CT molecular complexity index is 975. The monoisotopic (exact) mass is 435 g/mol. The Morgan fingerprint density at radius 2 is 2.03 bits per heavy atom. The predicted octanol–water partition coefficient (Wildman–Crippen LogP) is 4.48. The summed E-state index contributed by atoms with van der Waals surface area (Å²) in [7, 11) is -1.37. The van der Waals surface area contributed by atoms with Crippen molar-refractivity contribution in [3.05, 3.63) is 66.0 Å². The largest absolute Gasteiger partial charge is 0.481 e. The van der Waals surface area contributed by atoms with Gasteiger partial charge >= 0.3 is 5.97 Å². The second-order valence-electron chi connectivity index (χ2n) is 8.33. The minimum Gasteiger partial charge on any atom is -0.481 e. The van der Waals surface area contributed by atoms with Crippen molar-refractivity contribution >= 4 is 31.3 Å². The molecule has 0 radical (unpaired) electrons. The average molecular weight is 436 g/mol. The van der Waals surface area contributed by atoms with Crippen LogP contribution >= 0.6 is 0 Å². The fourth-order valence-electron chi connectivity index (χ4n) is 2.84. The van der Waals surface area contributed by atoms with E-state index < -0.39 is 14.0 Å². The molecule has 0 aliphatic carbocycles. The van der Waals surface area contributed by atoms with Crippen molar-refractivity contribution in [2.75, 3.05) is 11.5 Å². The van der Waals surface area contributed by atoms with Gasteiger partial charge in [-0.15, -0.1) is 4.99 Å². The van der Waals surface area contributed by atoms with Crippen molar-refractivity contribution < 1.29 is 9.90 Å². The molecular formula is C23H29N5O2Si. The lowest BCUT2D eigenvalue weighted by Crippen LogP contribution is -2.42. The quantitative estimate of drug-likeness (QED) is 0.176. The molecule has 0 atom stereocenters. The molecule has 7 nitrogen and oxygen atoms in total. The number of carboxylic acid groups (broad SMARTS) is 1. The number of aliphatic carboxylic acids is 1. The third-order valence-electron chi connectivity index (χ3n) is 4.30. The van der Waals surface area contributed by atoms with E-state index in [-0.39, 0.29) is 6.42 Å². The molecule has 0 bridgehead atoms. The summed E-state index contributed by atoms with van der Waals surface area (Å²) in [6.45, 7) is 6.71. The first-order chi connectivity index (χ1) is 14.8. The number of nitrogens with one attached hydrogen (secondary N) is 2. The summed E-state index contributed by atoms with van der Waals surface area (Å²) >= 11 is 0. The van der Waals surface area contributed by atoms with Crippen molar-refractivity contribution in [2.45, 2.75) is 38.9 Å². The van der Waals surface area contributed by atoms with Gasteiger partial charge in [0.05, 0.1) is 8.07 Å². The van der Waals surface area contributed by atoms with Crippen molar-refractivity contribution in [3.63, 3.8) is 0 Å². The molecule has 1 aromatic heterocycles. The van der Waals surface area contributed by atoms with Gasteiger partial charge in [0.15, 0.2) is 0 Å². The van der Waals surface area contributed by atoms with Crippen LogP contribution in [0.3, 0.4) is 0 Å². The summed E-state index contributed by atoms with van der Waals surface area (Å²) in [5.74, 6) is -0.368. The van der Waals surface area contributed by atoms with E-state index >= 15 is 0 Å². The van der Waals surface area contributed by atoms with Gasteiger partial charge < -0.3 is 15.7 Å². The van der Waals surface area contributed by atoms with E-state index in [9.17, 15) is 4.79 Å². The van der Waals surface area contributed by atoms with Gasteiger partial charge in [-0.25, -0.2) is 0 Å². The van der Waals surface area contributed by atoms with Gasteiger partial charge in [-0.1, -0.05) is 43.9 Å². The molecule has 1 aromatic carbocycles. The number of carboxylic acids is 1. The van der Waals surface area contributed by atoms with Crippen molar-refractivity contribution in [1.29, 1.82) is 5.26 Å². The maximum Gasteiger partial charge on any atom is 0.303 e. The van der Waals surface area contributed by atoms with Crippen LogP contribution in [0.15, 0.2) is 59.9 Å². The summed E-state index contributed by atoms with van der Waals surface area (Å²) in [4.78, 5) is 18.9. The molecule has 0 saturated carbocycles. The molecule has 162 valence electrons. The number of nitrogens with zero attached hydrogens (tertiary/aromatic N) is 3. The lowest BCUT2D eigenvalue weighted by molar-refractivity contribution is -0.137. The molecule has 2 aromatic rings. The number of guanidine groups is 1. The third-order valence-corrected chi connectivity index (χ3v) is 5.54. The molecule has 0 spiro atoms. The zero-order valence-corrected chi connectivity index (χ0v) is 19.2. The maximum atomic E-state index is 10.8. The van der Waals surface area contributed by atoms with Crippen LogP contribution in [0.2, 0.25) is 19.6 Å². The van der Waals surface area contributed by atoms with Gasteiger partial charge in [0, 0.05) is 36.2 Å². The standard InChI is InChI=1S/C23H29N5O2Si/c1-31(2,3)17-27-23(26-16-24)28-20-10-6-8-18(14-20)21(11-4-5-12-22(29)30)19-9-7-13-25-15-19/h6-11,13-15H,4-5,12,17H2,1-3H3,(H,29,30)(H2,26,27,28). The molecule has 31 heavy (non-hydrogen) atoms. The van der Waals surface area contributed by atoms with Gasteiger partial charge in [-0.3, -0.25) is 9.78 Å². The van der Waals surface area contributed by atoms with Crippen LogP contribution in [-0.4, -0.2) is 36.3 Å². The number of anilines is 1. The van der Waals surface area contributed by atoms with Crippen LogP contribution in [-0.2, 0) is 4.79 Å². The molecular weight excluding hydrogens is 406 g/mol. The van der Waals surface area contributed by atoms with E-state index in [1.165, 1.54) is 0 Å². The highest BCUT2D eigenvalue weighted by molar-refractivity contribution is 6.76. The Morgan fingerprint density at radius 3 is 2.68 bits per heavy atom. The van der Waals surface area contributed by atoms with Gasteiger partial charge in [-0.2, -0.15) is 5.26 Å². The van der Waals surface area contributed by atoms with Crippen LogP contribution in [0.1, 0.15) is 30.4 Å². The number of nitriles is 1. The number of unbranched alkanes of at least 4 members (excludes halogenated alkanes) is 1. The molecule has 2 rings (SSSR count). The van der Waals surface area contributed by atoms with Gasteiger partial charge in [0.25, 0.3) is 0 Å². The van der Waals surface area contributed by atoms with Crippen molar-refractivity contribution in [2.24, 2.45) is 4.99 Å². The second-order valence-corrected chi connectivity index (χ2v) is 13.8. The van der Waals surface area contributed by atoms with Crippen LogP contribution in [0, 0.1) is 11.5 Å². The number of aliphatic imine (C=N–C) groups is 1. The second kappa shape index (κ2) is 11.7. The summed E-state index contributed by atoms with van der Waals surface area (Å²) in [6, 6.07) is 11.7. The third kappa shape index (κ3) is 8.84. The summed E-state index contributed by atoms with van der Waals surface area (Å²) in [5.41, 5.74) is 3.71. The normalized spacial score (nSPS) is 12.2. The van der Waals surface area contributed by atoms with Gasteiger partial charge in [0.1, 0.15) is 0 Å². The number of benzene rings is 1. The first-order valence-electron chi connectivity index (χ1n) is 10.2. The minimum atomic E-state index is -1.37. The Morgan fingerprint density at radius 1 is 1.26 bits per heavy atom. The van der Waals surface area contributed by atoms with E-state index in [1.54, 1.807) is 12.4 Å². The van der Waals surface area contributed by atoms with E-state index in [2.05, 4.69) is 40.3 Å². The Kier molecular flexibility index (Phi) is 8.97. The van der Waals surface area contributed by atoms with Crippen molar-refractivity contribution in [1.82, 2.24) is 10.3 Å². The molecule has 0 fully saturated rings. The summed E-state index contributed by atoms with van der Waals surface area (Å²) in [5, 5.41) is 24.4. The fourth-order valence-corrected chi connectivity index (χ4v) is 3.53. The van der Waals surface area contributed by atoms with E-state index in [1.807, 2.05) is 48.7 Å². The summed E-state index contributed by atoms with van der Waals surface area (Å²) < 4.78 is 0. The lowest BCUT2D eigenvalue weighted by Gasteiger charge is -2.19. The van der Waals surface area contributed by atoms with Crippen molar-refractivity contribution in [3.8, 4) is 6.19 Å². The topological polar surface area (TPSA) is 110 Å². The zero-order chi connectivity index (χ0) is 22.7.